The van der Waals surface area contributed by atoms with Gasteiger partial charge in [0.05, 0.1) is 17.3 Å². The Labute approximate surface area is 114 Å². The summed E-state index contributed by atoms with van der Waals surface area (Å²) in [5, 5.41) is 3.16. The van der Waals surface area contributed by atoms with Crippen LogP contribution in [0.15, 0.2) is 36.5 Å². The summed E-state index contributed by atoms with van der Waals surface area (Å²) in [4.78, 5) is 19.8. The molecule has 2 heterocycles. The maximum atomic E-state index is 11.8. The normalized spacial score (nSPS) is 10.1. The Kier molecular flexibility index (Phi) is 4.12. The molecule has 0 aliphatic heterocycles. The summed E-state index contributed by atoms with van der Waals surface area (Å²) in [5.74, 6) is -0.381. The van der Waals surface area contributed by atoms with E-state index in [1.807, 2.05) is 12.1 Å². The largest absolute Gasteiger partial charge is 0.345 e. The van der Waals surface area contributed by atoms with Crippen molar-refractivity contribution in [1.29, 1.82) is 0 Å². The monoisotopic (exact) mass is 281 g/mol. The third-order valence-electron chi connectivity index (χ3n) is 2.18. The van der Waals surface area contributed by atoms with Crippen LogP contribution in [0.3, 0.4) is 0 Å². The minimum atomic E-state index is -0.381. The van der Waals surface area contributed by atoms with Crippen molar-refractivity contribution < 1.29 is 4.79 Å². The lowest BCUT2D eigenvalue weighted by molar-refractivity contribution is 0.0945. The van der Waals surface area contributed by atoms with Gasteiger partial charge in [-0.05, 0) is 24.3 Å². The average molecular weight is 282 g/mol. The standard InChI is InChI=1S/C12H9Cl2N3O/c13-9-4-5-10(14)17-11(9)12(18)16-7-8-3-1-2-6-15-8/h1-6H,7H2,(H,16,18). The smallest absolute Gasteiger partial charge is 0.271 e. The number of aromatic nitrogens is 2. The molecule has 18 heavy (non-hydrogen) atoms. The molecule has 1 N–H and O–H groups in total. The molecular formula is C12H9Cl2N3O. The summed E-state index contributed by atoms with van der Waals surface area (Å²) in [6.07, 6.45) is 1.66. The molecule has 4 nitrogen and oxygen atoms in total. The lowest BCUT2D eigenvalue weighted by Crippen LogP contribution is -2.24. The van der Waals surface area contributed by atoms with Crippen molar-refractivity contribution in [2.24, 2.45) is 0 Å². The molecule has 2 aromatic rings. The fourth-order valence-electron chi connectivity index (χ4n) is 1.33. The fourth-order valence-corrected chi connectivity index (χ4v) is 1.67. The van der Waals surface area contributed by atoms with E-state index in [9.17, 15) is 4.79 Å². The maximum Gasteiger partial charge on any atom is 0.271 e. The van der Waals surface area contributed by atoms with Crippen LogP contribution in [0.1, 0.15) is 16.2 Å². The van der Waals surface area contributed by atoms with Gasteiger partial charge < -0.3 is 5.32 Å². The van der Waals surface area contributed by atoms with Gasteiger partial charge in [-0.1, -0.05) is 29.3 Å². The summed E-state index contributed by atoms with van der Waals surface area (Å²) in [6.45, 7) is 0.310. The van der Waals surface area contributed by atoms with Crippen molar-refractivity contribution in [2.45, 2.75) is 6.54 Å². The van der Waals surface area contributed by atoms with Crippen LogP contribution in [0.2, 0.25) is 10.2 Å². The van der Waals surface area contributed by atoms with E-state index in [-0.39, 0.29) is 21.8 Å². The molecule has 1 amide bonds. The van der Waals surface area contributed by atoms with Crippen LogP contribution in [0.5, 0.6) is 0 Å². The highest BCUT2D eigenvalue weighted by molar-refractivity contribution is 6.34. The van der Waals surface area contributed by atoms with Crippen LogP contribution < -0.4 is 5.32 Å². The number of rotatable bonds is 3. The highest BCUT2D eigenvalue weighted by Gasteiger charge is 2.12. The van der Waals surface area contributed by atoms with Crippen LogP contribution in [0.25, 0.3) is 0 Å². The van der Waals surface area contributed by atoms with Gasteiger partial charge in [-0.15, -0.1) is 0 Å². The first-order chi connectivity index (χ1) is 8.66. The highest BCUT2D eigenvalue weighted by atomic mass is 35.5. The first kappa shape index (κ1) is 12.8. The van der Waals surface area contributed by atoms with Crippen LogP contribution in [0.4, 0.5) is 0 Å². The molecule has 92 valence electrons. The second-order valence-electron chi connectivity index (χ2n) is 3.47. The summed E-state index contributed by atoms with van der Waals surface area (Å²) in [7, 11) is 0. The van der Waals surface area contributed by atoms with Gasteiger partial charge in [0.2, 0.25) is 0 Å². The van der Waals surface area contributed by atoms with E-state index in [4.69, 9.17) is 23.2 Å². The van der Waals surface area contributed by atoms with Gasteiger partial charge in [-0.3, -0.25) is 9.78 Å². The molecule has 0 aliphatic rings. The SMILES string of the molecule is O=C(NCc1ccccn1)c1nc(Cl)ccc1Cl. The number of carbonyl (C=O) groups excluding carboxylic acids is 1. The predicted octanol–water partition coefficient (Wildman–Crippen LogP) is 2.71. The minimum Gasteiger partial charge on any atom is -0.345 e. The zero-order chi connectivity index (χ0) is 13.0. The quantitative estimate of drug-likeness (QED) is 0.881. The van der Waals surface area contributed by atoms with Crippen molar-refractivity contribution in [3.05, 3.63) is 58.1 Å². The summed E-state index contributed by atoms with van der Waals surface area (Å²) >= 11 is 11.6. The molecule has 0 spiro atoms. The number of nitrogens with one attached hydrogen (secondary N) is 1. The van der Waals surface area contributed by atoms with Gasteiger partial charge in [-0.2, -0.15) is 0 Å². The molecular weight excluding hydrogens is 273 g/mol. The lowest BCUT2D eigenvalue weighted by Gasteiger charge is -2.05. The number of hydrogen-bond acceptors (Lipinski definition) is 3. The van der Waals surface area contributed by atoms with E-state index in [0.717, 1.165) is 5.69 Å². The Balaban J connectivity index is 2.06. The zero-order valence-corrected chi connectivity index (χ0v) is 10.7. The molecule has 0 saturated carbocycles. The van der Waals surface area contributed by atoms with Gasteiger partial charge in [0.15, 0.2) is 0 Å². The summed E-state index contributed by atoms with van der Waals surface area (Å²) < 4.78 is 0. The molecule has 0 saturated heterocycles. The molecule has 2 aromatic heterocycles. The van der Waals surface area contributed by atoms with E-state index in [2.05, 4.69) is 15.3 Å². The Bertz CT molecular complexity index is 561. The third-order valence-corrected chi connectivity index (χ3v) is 2.70. The van der Waals surface area contributed by atoms with Crippen molar-refractivity contribution in [2.75, 3.05) is 0 Å². The lowest BCUT2D eigenvalue weighted by atomic mass is 10.3. The number of carbonyl (C=O) groups is 1. The van der Waals surface area contributed by atoms with E-state index >= 15 is 0 Å². The van der Waals surface area contributed by atoms with Gasteiger partial charge in [-0.25, -0.2) is 4.98 Å². The van der Waals surface area contributed by atoms with Crippen LogP contribution >= 0.6 is 23.2 Å². The molecule has 2 rings (SSSR count). The van der Waals surface area contributed by atoms with E-state index in [0.29, 0.717) is 6.54 Å². The highest BCUT2D eigenvalue weighted by Crippen LogP contribution is 2.16. The maximum absolute atomic E-state index is 11.8. The molecule has 0 bridgehead atoms. The van der Waals surface area contributed by atoms with Gasteiger partial charge in [0, 0.05) is 6.20 Å². The Morgan fingerprint density at radius 1 is 1.22 bits per heavy atom. The number of pyridine rings is 2. The molecule has 6 heteroatoms. The number of amides is 1. The average Bonchev–Trinajstić information content (AvgIpc) is 2.40. The fraction of sp³-hybridized carbons (Fsp3) is 0.0833. The molecule has 0 unspecified atom stereocenters. The topological polar surface area (TPSA) is 54.9 Å². The van der Waals surface area contributed by atoms with Crippen LogP contribution in [-0.2, 0) is 6.54 Å². The number of halogens is 2. The second kappa shape index (κ2) is 5.80. The van der Waals surface area contributed by atoms with Crippen LogP contribution in [-0.4, -0.2) is 15.9 Å². The van der Waals surface area contributed by atoms with Crippen molar-refractivity contribution in [3.63, 3.8) is 0 Å². The van der Waals surface area contributed by atoms with E-state index in [1.165, 1.54) is 12.1 Å². The molecule has 0 aromatic carbocycles. The van der Waals surface area contributed by atoms with Crippen molar-refractivity contribution in [1.82, 2.24) is 15.3 Å². The molecule has 0 aliphatic carbocycles. The summed E-state index contributed by atoms with van der Waals surface area (Å²) in [5.41, 5.74) is 0.865. The Morgan fingerprint density at radius 3 is 2.78 bits per heavy atom. The van der Waals surface area contributed by atoms with E-state index in [1.54, 1.807) is 12.3 Å². The van der Waals surface area contributed by atoms with Crippen molar-refractivity contribution in [3.8, 4) is 0 Å². The minimum absolute atomic E-state index is 0.111. The third kappa shape index (κ3) is 3.18. The van der Waals surface area contributed by atoms with Crippen LogP contribution in [0, 0.1) is 0 Å². The first-order valence-corrected chi connectivity index (χ1v) is 5.92. The predicted molar refractivity (Wildman–Crippen MR) is 69.7 cm³/mol. The van der Waals surface area contributed by atoms with Gasteiger partial charge in [0.1, 0.15) is 10.8 Å². The molecule has 0 atom stereocenters. The molecule has 0 fully saturated rings. The van der Waals surface area contributed by atoms with E-state index < -0.39 is 0 Å². The Morgan fingerprint density at radius 2 is 2.06 bits per heavy atom. The second-order valence-corrected chi connectivity index (χ2v) is 4.26. The van der Waals surface area contributed by atoms with Crippen molar-refractivity contribution >= 4 is 29.1 Å². The molecule has 0 radical (unpaired) electrons. The van der Waals surface area contributed by atoms with Gasteiger partial charge in [0.25, 0.3) is 5.91 Å². The number of nitrogens with zero attached hydrogens (tertiary/aromatic N) is 2. The Hall–Kier alpha value is -1.65. The van der Waals surface area contributed by atoms with Gasteiger partial charge >= 0.3 is 0 Å². The summed E-state index contributed by atoms with van der Waals surface area (Å²) in [6, 6.07) is 8.53. The first-order valence-electron chi connectivity index (χ1n) is 5.17. The zero-order valence-electron chi connectivity index (χ0n) is 9.23. The number of hydrogen-bond donors (Lipinski definition) is 1.